The summed E-state index contributed by atoms with van der Waals surface area (Å²) >= 11 is 18.5. The predicted molar refractivity (Wildman–Crippen MR) is 276 cm³/mol. The Bertz CT molecular complexity index is 3000. The van der Waals surface area contributed by atoms with Gasteiger partial charge in [-0.15, -0.1) is 0 Å². The van der Waals surface area contributed by atoms with Crippen LogP contribution in [0.4, 0.5) is 10.2 Å². The zero-order valence-corrected chi connectivity index (χ0v) is 47.1. The molecule has 22 nitrogen and oxygen atoms in total. The molecular formula is C43H57ClFN9O13P2S2Si2. The summed E-state index contributed by atoms with van der Waals surface area (Å²) in [6.07, 6.45) is -7.12. The van der Waals surface area contributed by atoms with Gasteiger partial charge in [0.2, 0.25) is 0 Å². The maximum atomic E-state index is 17.2. The van der Waals surface area contributed by atoms with E-state index in [1.165, 1.54) is 34.3 Å². The molecule has 396 valence electrons. The van der Waals surface area contributed by atoms with Crippen LogP contribution in [0.5, 0.6) is 0 Å². The Labute approximate surface area is 437 Å². The molecular weight excluding hydrogens is 1090 g/mol. The van der Waals surface area contributed by atoms with Crippen LogP contribution in [0.3, 0.4) is 0 Å². The summed E-state index contributed by atoms with van der Waals surface area (Å²) in [5, 5.41) is 12.4. The monoisotopic (exact) mass is 1140 g/mol. The summed E-state index contributed by atoms with van der Waals surface area (Å²) in [5.74, 6) is -0.430. The fraction of sp³-hybridized carbons (Fsp3) is 0.558. The van der Waals surface area contributed by atoms with E-state index in [2.05, 4.69) is 30.2 Å². The molecule has 4 aromatic heterocycles. The zero-order valence-electron chi connectivity index (χ0n) is 40.9. The fourth-order valence-corrected chi connectivity index (χ4v) is 22.9. The van der Waals surface area contributed by atoms with Gasteiger partial charge in [0.25, 0.3) is 11.5 Å². The van der Waals surface area contributed by atoms with Crippen LogP contribution in [0.15, 0.2) is 60.3 Å². The lowest BCUT2D eigenvalue weighted by atomic mass is 10.1. The van der Waals surface area contributed by atoms with Crippen LogP contribution in [0.1, 0.15) is 84.6 Å². The van der Waals surface area contributed by atoms with Crippen molar-refractivity contribution in [1.82, 2.24) is 34.1 Å². The number of rotatable bonds is 15. The van der Waals surface area contributed by atoms with Crippen molar-refractivity contribution in [1.29, 1.82) is 5.26 Å². The summed E-state index contributed by atoms with van der Waals surface area (Å²) in [7, 11) is -7.33. The van der Waals surface area contributed by atoms with E-state index in [0.29, 0.717) is 5.56 Å². The van der Waals surface area contributed by atoms with Crippen molar-refractivity contribution >= 4 is 99.7 Å². The number of carbonyl (C=O) groups is 1. The van der Waals surface area contributed by atoms with E-state index in [1.54, 1.807) is 30.3 Å². The number of hydrogen-bond acceptors (Lipinski definition) is 19. The summed E-state index contributed by atoms with van der Waals surface area (Å²) in [4.78, 5) is 70.5. The summed E-state index contributed by atoms with van der Waals surface area (Å²) in [5.41, 5.74) is -1.10. The van der Waals surface area contributed by atoms with Gasteiger partial charge in [0, 0.05) is 11.8 Å². The van der Waals surface area contributed by atoms with E-state index in [9.17, 15) is 24.5 Å². The highest BCUT2D eigenvalue weighted by molar-refractivity contribution is 8.07. The third kappa shape index (κ3) is 11.3. The van der Waals surface area contributed by atoms with Gasteiger partial charge in [0.15, 0.2) is 41.3 Å². The first-order chi connectivity index (χ1) is 34.5. The topological polar surface area (TPSA) is 271 Å². The number of imidazole rings is 1. The largest absolute Gasteiger partial charge is 0.414 e. The van der Waals surface area contributed by atoms with Crippen LogP contribution in [0.2, 0.25) is 27.2 Å². The molecule has 7 heterocycles. The van der Waals surface area contributed by atoms with E-state index in [1.807, 2.05) is 61.5 Å². The number of nitrogens with zero attached hydrogens (tertiary/aromatic N) is 7. The Morgan fingerprint density at radius 2 is 1.64 bits per heavy atom. The van der Waals surface area contributed by atoms with Gasteiger partial charge in [-0.1, -0.05) is 85.2 Å². The Hall–Kier alpha value is -3.34. The molecule has 0 aliphatic carbocycles. The van der Waals surface area contributed by atoms with Crippen LogP contribution < -0.4 is 10.9 Å². The molecule has 3 aliphatic heterocycles. The van der Waals surface area contributed by atoms with Crippen LogP contribution in [-0.2, 0) is 64.2 Å². The number of alkyl halides is 1. The lowest BCUT2D eigenvalue weighted by Gasteiger charge is -2.47. The second-order valence-electron chi connectivity index (χ2n) is 18.9. The second-order valence-corrected chi connectivity index (χ2v) is 33.7. The summed E-state index contributed by atoms with van der Waals surface area (Å²) in [6, 6.07) is 10.4. The number of ether oxygens (including phenoxy) is 2. The van der Waals surface area contributed by atoms with Gasteiger partial charge >= 0.3 is 30.6 Å². The number of aromatic nitrogens is 7. The number of hydrogen-bond donors (Lipinski definition) is 4. The molecule has 5 aromatic rings. The Morgan fingerprint density at radius 3 is 2.32 bits per heavy atom. The highest BCUT2D eigenvalue weighted by Crippen LogP contribution is 2.58. The minimum Gasteiger partial charge on any atom is -0.414 e. The lowest BCUT2D eigenvalue weighted by Crippen LogP contribution is -2.62. The first-order valence-corrected chi connectivity index (χ1v) is 33.0. The first kappa shape index (κ1) is 55.9. The van der Waals surface area contributed by atoms with Crippen LogP contribution >= 0.6 is 25.0 Å². The Balaban J connectivity index is 1.21. The number of aromatic amines is 1. The molecule has 0 radical (unpaired) electrons. The third-order valence-electron chi connectivity index (χ3n) is 13.0. The van der Waals surface area contributed by atoms with Crippen molar-refractivity contribution < 1.29 is 59.5 Å². The van der Waals surface area contributed by atoms with Gasteiger partial charge in [0.1, 0.15) is 42.2 Å². The second kappa shape index (κ2) is 22.3. The average molecular weight is 1140 g/mol. The standard InChI is InChI=1S/C43H57ClFN9O13P2S2Si2/c1-23(2)72(58,24(3)4)67-73(25(5)6,26(7)8)66-35-30-18-60-68(57,70)64-34-29(62-42(32(34)45)54-22-51-33-37(47-20-49-39(33)54)52-40(55)27-13-10-9-11-14-27)19-61-69(71,59-16-12-15-46)65-36(35)43(63-30)53-17-28(44)31-38(53)48-21-50-41(31)56/h9-11,13-14,17,20-26,29-30,32,34-36,42-43,58H,12,16,18-19H2,1-8H3,(H,57,70)(H,48,50,56)(H,47,49,52,55)/t29-,30-,32-,34-,35-,36-,42-,43-,68?,69?/m1/s1. The van der Waals surface area contributed by atoms with Crippen molar-refractivity contribution in [3.63, 3.8) is 0 Å². The molecule has 10 atom stereocenters. The van der Waals surface area contributed by atoms with Gasteiger partial charge < -0.3 is 56.1 Å². The number of anilines is 1. The maximum absolute atomic E-state index is 17.2. The number of nitrogens with one attached hydrogen (secondary N) is 2. The van der Waals surface area contributed by atoms with Crippen molar-refractivity contribution in [2.75, 3.05) is 25.1 Å². The molecule has 73 heavy (non-hydrogen) atoms. The molecule has 0 spiro atoms. The van der Waals surface area contributed by atoms with Crippen LogP contribution in [0.25, 0.3) is 22.2 Å². The number of H-pyrrole nitrogens is 1. The van der Waals surface area contributed by atoms with E-state index in [4.69, 9.17) is 75.8 Å². The summed E-state index contributed by atoms with van der Waals surface area (Å²) in [6.45, 7) is 5.23. The minimum atomic E-state index is -4.50. The van der Waals surface area contributed by atoms with E-state index >= 15 is 4.39 Å². The average Bonchev–Trinajstić information content (AvgIpc) is 4.09. The molecule has 30 heteroatoms. The van der Waals surface area contributed by atoms with E-state index < -0.39 is 104 Å². The molecule has 1 amide bonds. The predicted octanol–water partition coefficient (Wildman–Crippen LogP) is 7.71. The molecule has 1 aromatic carbocycles. The van der Waals surface area contributed by atoms with Gasteiger partial charge in [-0.05, 0) is 57.9 Å². The zero-order chi connectivity index (χ0) is 52.8. The normalized spacial score (nSPS) is 28.4. The number of fused-ring (bicyclic) bond motifs is 5. The third-order valence-corrected chi connectivity index (χ3v) is 26.9. The SMILES string of the molecule is CC(C)[Si](O)(O[Si](O[C@H]1[C@H]2OP(=S)(OCCC#N)OC[C@H]3O[C@@H](n4cnc5c(NC(=O)c6ccccc6)ncnc54)[C@H](F)[C@@H]3OP(O)(=S)OC[C@H]1O[C@H]2n1cc(Cl)c2c(=O)[nH]cnc21)(C(C)C)C(C)C)C(C)C. The molecule has 3 saturated heterocycles. The van der Waals surface area contributed by atoms with Crippen molar-refractivity contribution in [3.05, 3.63) is 76.5 Å². The number of carbonyl (C=O) groups excluding carboxylic acids is 1. The smallest absolute Gasteiger partial charge is 0.335 e. The number of benzene rings is 1. The molecule has 0 saturated carbocycles. The number of halogens is 2. The van der Waals surface area contributed by atoms with Gasteiger partial charge in [-0.25, -0.2) is 24.3 Å². The van der Waals surface area contributed by atoms with Crippen molar-refractivity contribution in [2.45, 2.75) is 133 Å². The minimum absolute atomic E-state index is 0.0184. The lowest BCUT2D eigenvalue weighted by molar-refractivity contribution is -0.0615. The highest BCUT2D eigenvalue weighted by Gasteiger charge is 2.61. The molecule has 2 unspecified atom stereocenters. The summed E-state index contributed by atoms with van der Waals surface area (Å²) < 4.78 is 79.3. The van der Waals surface area contributed by atoms with Crippen molar-refractivity contribution in [2.24, 2.45) is 0 Å². The quantitative estimate of drug-likeness (QED) is 0.0444. The fourth-order valence-electron chi connectivity index (χ4n) is 9.18. The van der Waals surface area contributed by atoms with Gasteiger partial charge in [0.05, 0.1) is 50.0 Å². The highest BCUT2D eigenvalue weighted by atomic mass is 35.5. The van der Waals surface area contributed by atoms with Gasteiger partial charge in [-0.2, -0.15) is 5.26 Å². The van der Waals surface area contributed by atoms with E-state index in [0.717, 1.165) is 0 Å². The molecule has 8 rings (SSSR count). The van der Waals surface area contributed by atoms with Gasteiger partial charge in [-0.3, -0.25) is 23.2 Å². The van der Waals surface area contributed by atoms with Crippen LogP contribution in [-0.4, -0.2) is 123 Å². The Kier molecular flexibility index (Phi) is 17.1. The molecule has 4 N–H and O–H groups in total. The number of amides is 1. The van der Waals surface area contributed by atoms with Crippen molar-refractivity contribution in [3.8, 4) is 6.07 Å². The molecule has 2 bridgehead atoms. The molecule has 3 aliphatic rings. The van der Waals surface area contributed by atoms with Crippen LogP contribution in [0, 0.1) is 11.3 Å². The first-order valence-electron chi connectivity index (χ1n) is 23.5. The Morgan fingerprint density at radius 1 is 0.959 bits per heavy atom. The number of nitriles is 1. The van der Waals surface area contributed by atoms with E-state index in [-0.39, 0.29) is 68.2 Å². The molecule has 3 fully saturated rings. The maximum Gasteiger partial charge on any atom is 0.335 e.